The normalized spacial score (nSPS) is 14.7. The van der Waals surface area contributed by atoms with Gasteiger partial charge in [-0.2, -0.15) is 0 Å². The van der Waals surface area contributed by atoms with Gasteiger partial charge in [0.1, 0.15) is 0 Å². The minimum Gasteiger partial charge on any atom is -0.103 e. The van der Waals surface area contributed by atoms with Crippen molar-refractivity contribution in [3.63, 3.8) is 0 Å². The van der Waals surface area contributed by atoms with E-state index < -0.39 is 0 Å². The average Bonchev–Trinajstić information content (AvgIpc) is 2.43. The van der Waals surface area contributed by atoms with Gasteiger partial charge >= 0.3 is 0 Å². The summed E-state index contributed by atoms with van der Waals surface area (Å²) in [5.74, 6) is 1.55. The van der Waals surface area contributed by atoms with Gasteiger partial charge in [-0.25, -0.2) is 0 Å². The summed E-state index contributed by atoms with van der Waals surface area (Å²) in [5.41, 5.74) is 0. The summed E-state index contributed by atoms with van der Waals surface area (Å²) in [6, 6.07) is 0. The Balaban J connectivity index is 4.22. The van der Waals surface area contributed by atoms with E-state index in [-0.39, 0.29) is 0 Å². The Hall–Kier alpha value is -0.520. The molecule has 0 radical (unpaired) electrons. The van der Waals surface area contributed by atoms with Crippen molar-refractivity contribution in [2.45, 2.75) is 85.0 Å². The van der Waals surface area contributed by atoms with Crippen molar-refractivity contribution >= 4 is 0 Å². The van der Waals surface area contributed by atoms with Gasteiger partial charge in [-0.3, -0.25) is 0 Å². The molecule has 0 spiro atoms. The second-order valence-electron chi connectivity index (χ2n) is 5.81. The third-order valence-corrected chi connectivity index (χ3v) is 4.16. The first-order chi connectivity index (χ1) is 9.29. The molecular formula is C19H36. The van der Waals surface area contributed by atoms with E-state index >= 15 is 0 Å². The lowest BCUT2D eigenvalue weighted by molar-refractivity contribution is 0.324. The summed E-state index contributed by atoms with van der Waals surface area (Å²) < 4.78 is 0. The fourth-order valence-electron chi connectivity index (χ4n) is 2.84. The molecule has 0 N–H and O–H groups in total. The minimum atomic E-state index is 0.690. The van der Waals surface area contributed by atoms with Crippen molar-refractivity contribution in [3.8, 4) is 0 Å². The maximum absolute atomic E-state index is 4.07. The Morgan fingerprint density at radius 3 is 2.00 bits per heavy atom. The van der Waals surface area contributed by atoms with Crippen molar-refractivity contribution in [1.29, 1.82) is 0 Å². The summed E-state index contributed by atoms with van der Waals surface area (Å²) >= 11 is 0. The molecule has 0 aromatic heterocycles. The highest BCUT2D eigenvalue weighted by Gasteiger charge is 2.16. The van der Waals surface area contributed by atoms with Crippen LogP contribution in [0.25, 0.3) is 0 Å². The van der Waals surface area contributed by atoms with Crippen LogP contribution in [0.4, 0.5) is 0 Å². The lowest BCUT2D eigenvalue weighted by Gasteiger charge is -2.24. The predicted octanol–water partition coefficient (Wildman–Crippen LogP) is 6.92. The second kappa shape index (κ2) is 13.9. The lowest BCUT2D eigenvalue weighted by Crippen LogP contribution is -2.12. The van der Waals surface area contributed by atoms with E-state index in [4.69, 9.17) is 0 Å². The third kappa shape index (κ3) is 9.99. The van der Waals surface area contributed by atoms with Gasteiger partial charge in [0, 0.05) is 0 Å². The van der Waals surface area contributed by atoms with Gasteiger partial charge in [0.2, 0.25) is 0 Å². The van der Waals surface area contributed by atoms with Crippen LogP contribution in [0.3, 0.4) is 0 Å². The molecule has 2 unspecified atom stereocenters. The van der Waals surface area contributed by atoms with Crippen molar-refractivity contribution in [1.82, 2.24) is 0 Å². The summed E-state index contributed by atoms with van der Waals surface area (Å²) in [6.07, 6.45) is 20.3. The maximum atomic E-state index is 4.07. The van der Waals surface area contributed by atoms with Crippen LogP contribution in [-0.2, 0) is 0 Å². The predicted molar refractivity (Wildman–Crippen MR) is 89.5 cm³/mol. The Kier molecular flexibility index (Phi) is 13.5. The minimum absolute atomic E-state index is 0.690. The van der Waals surface area contributed by atoms with Gasteiger partial charge in [0.05, 0.1) is 0 Å². The van der Waals surface area contributed by atoms with E-state index in [0.29, 0.717) is 5.92 Å². The highest BCUT2D eigenvalue weighted by atomic mass is 14.2. The van der Waals surface area contributed by atoms with Crippen LogP contribution in [0, 0.1) is 11.8 Å². The molecule has 2 atom stereocenters. The molecule has 0 aromatic rings. The van der Waals surface area contributed by atoms with Crippen molar-refractivity contribution in [3.05, 3.63) is 24.8 Å². The number of unbranched alkanes of at least 4 members (excludes halogenated alkanes) is 5. The summed E-state index contributed by atoms with van der Waals surface area (Å²) in [7, 11) is 0. The van der Waals surface area contributed by atoms with E-state index in [1.807, 2.05) is 0 Å². The molecular weight excluding hydrogens is 228 g/mol. The molecule has 0 aromatic carbocycles. The van der Waals surface area contributed by atoms with E-state index in [1.54, 1.807) is 0 Å². The van der Waals surface area contributed by atoms with Gasteiger partial charge in [0.25, 0.3) is 0 Å². The van der Waals surface area contributed by atoms with Crippen LogP contribution >= 0.6 is 0 Å². The van der Waals surface area contributed by atoms with Crippen molar-refractivity contribution in [2.75, 3.05) is 0 Å². The molecule has 0 heteroatoms. The zero-order valence-corrected chi connectivity index (χ0v) is 13.7. The standard InChI is InChI=1S/C19H36/c1-5-9-12-14-17-19(16-13-10-6-2)18(8-4)15-11-7-3/h7-8,11,18-19H,4-6,9-10,12-17H2,1-3H3. The van der Waals surface area contributed by atoms with E-state index in [0.717, 1.165) is 5.92 Å². The molecule has 0 aliphatic carbocycles. The first-order valence-electron chi connectivity index (χ1n) is 8.53. The zero-order valence-electron chi connectivity index (χ0n) is 13.7. The molecule has 0 aliphatic rings. The Morgan fingerprint density at radius 2 is 1.47 bits per heavy atom. The van der Waals surface area contributed by atoms with Crippen LogP contribution in [-0.4, -0.2) is 0 Å². The molecule has 0 amide bonds. The van der Waals surface area contributed by atoms with Crippen LogP contribution < -0.4 is 0 Å². The van der Waals surface area contributed by atoms with E-state index in [1.165, 1.54) is 64.2 Å². The summed E-state index contributed by atoms with van der Waals surface area (Å²) in [5, 5.41) is 0. The van der Waals surface area contributed by atoms with Gasteiger partial charge in [-0.1, -0.05) is 77.0 Å². The molecule has 0 heterocycles. The van der Waals surface area contributed by atoms with Crippen LogP contribution in [0.5, 0.6) is 0 Å². The van der Waals surface area contributed by atoms with Crippen LogP contribution in [0.1, 0.15) is 85.0 Å². The SMILES string of the molecule is C=CC(CC=CC)C(CCCCC)CCCCCC. The van der Waals surface area contributed by atoms with Gasteiger partial charge < -0.3 is 0 Å². The van der Waals surface area contributed by atoms with Gasteiger partial charge in [-0.05, 0) is 38.0 Å². The fourth-order valence-corrected chi connectivity index (χ4v) is 2.84. The smallest absolute Gasteiger partial charge is 0.0173 e. The van der Waals surface area contributed by atoms with Gasteiger partial charge in [0.15, 0.2) is 0 Å². The van der Waals surface area contributed by atoms with Crippen molar-refractivity contribution < 1.29 is 0 Å². The first-order valence-corrected chi connectivity index (χ1v) is 8.53. The van der Waals surface area contributed by atoms with E-state index in [2.05, 4.69) is 45.6 Å². The van der Waals surface area contributed by atoms with Crippen LogP contribution in [0.2, 0.25) is 0 Å². The Bertz CT molecular complexity index is 214. The summed E-state index contributed by atoms with van der Waals surface area (Å²) in [4.78, 5) is 0. The monoisotopic (exact) mass is 264 g/mol. The lowest BCUT2D eigenvalue weighted by atomic mass is 9.82. The Morgan fingerprint density at radius 1 is 0.895 bits per heavy atom. The second-order valence-corrected chi connectivity index (χ2v) is 5.81. The number of hydrogen-bond acceptors (Lipinski definition) is 0. The Labute approximate surface area is 122 Å². The van der Waals surface area contributed by atoms with E-state index in [9.17, 15) is 0 Å². The largest absolute Gasteiger partial charge is 0.103 e. The van der Waals surface area contributed by atoms with Gasteiger partial charge in [-0.15, -0.1) is 6.58 Å². The number of hydrogen-bond donors (Lipinski definition) is 0. The molecule has 0 bridgehead atoms. The molecule has 112 valence electrons. The molecule has 0 aliphatic heterocycles. The first kappa shape index (κ1) is 18.5. The molecule has 0 saturated carbocycles. The molecule has 0 rings (SSSR count). The fraction of sp³-hybridized carbons (Fsp3) is 0.789. The zero-order chi connectivity index (χ0) is 14.3. The molecule has 0 saturated heterocycles. The maximum Gasteiger partial charge on any atom is -0.0173 e. The molecule has 19 heavy (non-hydrogen) atoms. The average molecular weight is 264 g/mol. The van der Waals surface area contributed by atoms with Crippen molar-refractivity contribution in [2.24, 2.45) is 11.8 Å². The highest BCUT2D eigenvalue weighted by molar-refractivity contribution is 4.91. The number of allylic oxidation sites excluding steroid dienone is 3. The molecule has 0 nitrogen and oxygen atoms in total. The quantitative estimate of drug-likeness (QED) is 0.250. The highest BCUT2D eigenvalue weighted by Crippen LogP contribution is 2.29. The third-order valence-electron chi connectivity index (χ3n) is 4.16. The topological polar surface area (TPSA) is 0 Å². The summed E-state index contributed by atoms with van der Waals surface area (Å²) in [6.45, 7) is 10.8. The molecule has 0 fully saturated rings. The number of rotatable bonds is 13. The van der Waals surface area contributed by atoms with Crippen LogP contribution in [0.15, 0.2) is 24.8 Å².